The van der Waals surface area contributed by atoms with Gasteiger partial charge in [-0.15, -0.1) is 10.2 Å². The van der Waals surface area contributed by atoms with Gasteiger partial charge >= 0.3 is 0 Å². The van der Waals surface area contributed by atoms with E-state index in [0.29, 0.717) is 6.54 Å². The molecular formula is C18H17BrN4O. The molecular weight excluding hydrogens is 368 g/mol. The molecule has 4 rings (SSSR count). The molecule has 0 radical (unpaired) electrons. The Morgan fingerprint density at radius 3 is 2.79 bits per heavy atom. The van der Waals surface area contributed by atoms with Crippen molar-refractivity contribution in [3.63, 3.8) is 0 Å². The predicted molar refractivity (Wildman–Crippen MR) is 95.0 cm³/mol. The molecule has 24 heavy (non-hydrogen) atoms. The van der Waals surface area contributed by atoms with Gasteiger partial charge in [0.05, 0.1) is 0 Å². The average molecular weight is 385 g/mol. The normalized spacial score (nSPS) is 18.0. The summed E-state index contributed by atoms with van der Waals surface area (Å²) in [6.45, 7) is 1.48. The maximum absolute atomic E-state index is 12.8. The van der Waals surface area contributed by atoms with Crippen LogP contribution in [0.25, 0.3) is 5.65 Å². The summed E-state index contributed by atoms with van der Waals surface area (Å²) >= 11 is 3.41. The smallest absolute Gasteiger partial charge is 0.253 e. The lowest BCUT2D eigenvalue weighted by Gasteiger charge is -2.32. The van der Waals surface area contributed by atoms with Crippen LogP contribution in [0.3, 0.4) is 0 Å². The fourth-order valence-electron chi connectivity index (χ4n) is 3.29. The van der Waals surface area contributed by atoms with Gasteiger partial charge in [0, 0.05) is 35.2 Å². The average Bonchev–Trinajstić information content (AvgIpc) is 3.06. The number of rotatable bonds is 2. The van der Waals surface area contributed by atoms with Gasteiger partial charge in [-0.2, -0.15) is 0 Å². The Morgan fingerprint density at radius 2 is 1.96 bits per heavy atom. The highest BCUT2D eigenvalue weighted by Crippen LogP contribution is 2.27. The van der Waals surface area contributed by atoms with Gasteiger partial charge in [0.1, 0.15) is 5.82 Å². The minimum atomic E-state index is 0.0843. The zero-order chi connectivity index (χ0) is 16.5. The quantitative estimate of drug-likeness (QED) is 0.679. The summed E-state index contributed by atoms with van der Waals surface area (Å²) in [6.07, 6.45) is 3.99. The lowest BCUT2D eigenvalue weighted by molar-refractivity contribution is 0.0704. The molecule has 1 aromatic carbocycles. The topological polar surface area (TPSA) is 50.5 Å². The molecule has 6 heteroatoms. The summed E-state index contributed by atoms with van der Waals surface area (Å²) in [6, 6.07) is 13.4. The standard InChI is InChI=1S/C18H17BrN4O/c19-15-8-6-13(7-9-15)18(24)22-10-3-4-14(12-22)17-21-20-16-5-1-2-11-23(16)17/h1-2,5-9,11,14H,3-4,10,12H2. The van der Waals surface area contributed by atoms with Crippen molar-refractivity contribution < 1.29 is 4.79 Å². The van der Waals surface area contributed by atoms with E-state index < -0.39 is 0 Å². The van der Waals surface area contributed by atoms with Crippen LogP contribution in [0.4, 0.5) is 0 Å². The lowest BCUT2D eigenvalue weighted by atomic mass is 9.96. The zero-order valence-electron chi connectivity index (χ0n) is 13.1. The molecule has 0 bridgehead atoms. The highest BCUT2D eigenvalue weighted by atomic mass is 79.9. The summed E-state index contributed by atoms with van der Waals surface area (Å²) in [5.41, 5.74) is 1.58. The molecule has 1 saturated heterocycles. The maximum Gasteiger partial charge on any atom is 0.253 e. The summed E-state index contributed by atoms with van der Waals surface area (Å²) in [5.74, 6) is 1.25. The van der Waals surface area contributed by atoms with Gasteiger partial charge in [-0.25, -0.2) is 0 Å². The van der Waals surface area contributed by atoms with Crippen LogP contribution >= 0.6 is 15.9 Å². The number of pyridine rings is 1. The number of carbonyl (C=O) groups is 1. The van der Waals surface area contributed by atoms with Crippen molar-refractivity contribution in [2.24, 2.45) is 0 Å². The fourth-order valence-corrected chi connectivity index (χ4v) is 3.55. The Hall–Kier alpha value is -2.21. The summed E-state index contributed by atoms with van der Waals surface area (Å²) in [4.78, 5) is 14.7. The molecule has 1 aliphatic heterocycles. The molecule has 1 amide bonds. The molecule has 122 valence electrons. The SMILES string of the molecule is O=C(c1ccc(Br)cc1)N1CCCC(c2nnc3ccccn23)C1. The van der Waals surface area contributed by atoms with Crippen LogP contribution in [0.15, 0.2) is 53.1 Å². The monoisotopic (exact) mass is 384 g/mol. The molecule has 0 spiro atoms. The Balaban J connectivity index is 1.57. The molecule has 5 nitrogen and oxygen atoms in total. The number of aromatic nitrogens is 3. The van der Waals surface area contributed by atoms with E-state index in [0.717, 1.165) is 40.9 Å². The molecule has 0 N–H and O–H groups in total. The van der Waals surface area contributed by atoms with Crippen LogP contribution in [-0.4, -0.2) is 38.5 Å². The van der Waals surface area contributed by atoms with Crippen molar-refractivity contribution in [3.8, 4) is 0 Å². The van der Waals surface area contributed by atoms with Crippen LogP contribution in [0, 0.1) is 0 Å². The number of likely N-dealkylation sites (tertiary alicyclic amines) is 1. The van der Waals surface area contributed by atoms with E-state index in [9.17, 15) is 4.79 Å². The molecule has 3 aromatic rings. The van der Waals surface area contributed by atoms with Gasteiger partial charge < -0.3 is 4.90 Å². The van der Waals surface area contributed by atoms with Crippen molar-refractivity contribution in [1.82, 2.24) is 19.5 Å². The van der Waals surface area contributed by atoms with Gasteiger partial charge in [0.15, 0.2) is 5.65 Å². The zero-order valence-corrected chi connectivity index (χ0v) is 14.7. The first-order chi connectivity index (χ1) is 11.7. The van der Waals surface area contributed by atoms with E-state index in [-0.39, 0.29) is 11.8 Å². The van der Waals surface area contributed by atoms with E-state index >= 15 is 0 Å². The largest absolute Gasteiger partial charge is 0.338 e. The third-order valence-electron chi connectivity index (χ3n) is 4.51. The number of nitrogens with zero attached hydrogens (tertiary/aromatic N) is 4. The van der Waals surface area contributed by atoms with Gasteiger partial charge in [-0.1, -0.05) is 22.0 Å². The Bertz CT molecular complexity index is 874. The second-order valence-electron chi connectivity index (χ2n) is 6.08. The number of halogens is 1. The van der Waals surface area contributed by atoms with Gasteiger partial charge in [-0.05, 0) is 49.2 Å². The van der Waals surface area contributed by atoms with E-state index in [1.165, 1.54) is 0 Å². The van der Waals surface area contributed by atoms with E-state index in [1.807, 2.05) is 58.0 Å². The third kappa shape index (κ3) is 2.82. The molecule has 2 aromatic heterocycles. The minimum Gasteiger partial charge on any atom is -0.338 e. The van der Waals surface area contributed by atoms with Crippen molar-refractivity contribution in [3.05, 3.63) is 64.5 Å². The van der Waals surface area contributed by atoms with Crippen molar-refractivity contribution in [2.75, 3.05) is 13.1 Å². The van der Waals surface area contributed by atoms with E-state index in [1.54, 1.807) is 0 Å². The van der Waals surface area contributed by atoms with Crippen LogP contribution in [0.2, 0.25) is 0 Å². The minimum absolute atomic E-state index is 0.0843. The highest BCUT2D eigenvalue weighted by Gasteiger charge is 2.28. The first-order valence-electron chi connectivity index (χ1n) is 8.07. The van der Waals surface area contributed by atoms with Crippen molar-refractivity contribution in [1.29, 1.82) is 0 Å². The summed E-state index contributed by atoms with van der Waals surface area (Å²) in [5, 5.41) is 8.60. The van der Waals surface area contributed by atoms with E-state index in [2.05, 4.69) is 26.1 Å². The van der Waals surface area contributed by atoms with Gasteiger partial charge in [-0.3, -0.25) is 9.20 Å². The molecule has 0 saturated carbocycles. The van der Waals surface area contributed by atoms with Crippen LogP contribution < -0.4 is 0 Å². The number of carbonyl (C=O) groups excluding carboxylic acids is 1. The molecule has 3 heterocycles. The third-order valence-corrected chi connectivity index (χ3v) is 5.03. The predicted octanol–water partition coefficient (Wildman–Crippen LogP) is 3.51. The molecule has 1 atom stereocenters. The fraction of sp³-hybridized carbons (Fsp3) is 0.278. The number of benzene rings is 1. The van der Waals surface area contributed by atoms with Crippen LogP contribution in [0.5, 0.6) is 0 Å². The first-order valence-corrected chi connectivity index (χ1v) is 8.86. The second-order valence-corrected chi connectivity index (χ2v) is 7.00. The summed E-state index contributed by atoms with van der Waals surface area (Å²) in [7, 11) is 0. The van der Waals surface area contributed by atoms with Crippen molar-refractivity contribution >= 4 is 27.5 Å². The first kappa shape index (κ1) is 15.3. The lowest BCUT2D eigenvalue weighted by Crippen LogP contribution is -2.39. The van der Waals surface area contributed by atoms with Crippen LogP contribution in [-0.2, 0) is 0 Å². The molecule has 1 fully saturated rings. The molecule has 1 unspecified atom stereocenters. The van der Waals surface area contributed by atoms with Crippen LogP contribution in [0.1, 0.15) is 34.9 Å². The summed E-state index contributed by atoms with van der Waals surface area (Å²) < 4.78 is 3.00. The number of fused-ring (bicyclic) bond motifs is 1. The highest BCUT2D eigenvalue weighted by molar-refractivity contribution is 9.10. The molecule has 0 aliphatic carbocycles. The second kappa shape index (κ2) is 6.36. The Kier molecular flexibility index (Phi) is 4.06. The number of hydrogen-bond acceptors (Lipinski definition) is 3. The van der Waals surface area contributed by atoms with Gasteiger partial charge in [0.2, 0.25) is 0 Å². The molecule has 1 aliphatic rings. The number of piperidine rings is 1. The maximum atomic E-state index is 12.8. The van der Waals surface area contributed by atoms with Crippen molar-refractivity contribution in [2.45, 2.75) is 18.8 Å². The number of amides is 1. The van der Waals surface area contributed by atoms with Gasteiger partial charge in [0.25, 0.3) is 5.91 Å². The Labute approximate surface area is 148 Å². The Morgan fingerprint density at radius 1 is 1.12 bits per heavy atom. The number of hydrogen-bond donors (Lipinski definition) is 0. The van der Waals surface area contributed by atoms with E-state index in [4.69, 9.17) is 0 Å².